The van der Waals surface area contributed by atoms with Crippen molar-refractivity contribution in [1.82, 2.24) is 10.2 Å². The van der Waals surface area contributed by atoms with Crippen LogP contribution < -0.4 is 10.1 Å². The van der Waals surface area contributed by atoms with Crippen LogP contribution in [0.15, 0.2) is 54.6 Å². The van der Waals surface area contributed by atoms with Crippen molar-refractivity contribution in [3.05, 3.63) is 65.7 Å². The highest BCUT2D eigenvalue weighted by Crippen LogP contribution is 2.26. The van der Waals surface area contributed by atoms with Gasteiger partial charge in [-0.25, -0.2) is 0 Å². The molecule has 0 fully saturated rings. The normalized spacial score (nSPS) is 11.8. The molecule has 0 heterocycles. The second-order valence-electron chi connectivity index (χ2n) is 7.06. The summed E-state index contributed by atoms with van der Waals surface area (Å²) in [5, 5.41) is 2.79. The third-order valence-corrected chi connectivity index (χ3v) is 4.61. The van der Waals surface area contributed by atoms with Crippen LogP contribution in [-0.2, 0) is 16.1 Å². The number of hydrogen-bond donors (Lipinski definition) is 1. The van der Waals surface area contributed by atoms with Crippen molar-refractivity contribution in [2.24, 2.45) is 0 Å². The molecule has 2 rings (SSSR count). The average Bonchev–Trinajstić information content (AvgIpc) is 2.70. The van der Waals surface area contributed by atoms with E-state index in [0.717, 1.165) is 11.1 Å². The molecule has 0 saturated carbocycles. The first-order chi connectivity index (χ1) is 13.4. The number of para-hydroxylation sites is 1. The van der Waals surface area contributed by atoms with Crippen molar-refractivity contribution in [2.45, 2.75) is 46.2 Å². The molecule has 2 aromatic carbocycles. The summed E-state index contributed by atoms with van der Waals surface area (Å²) in [5.74, 6) is 0.604. The van der Waals surface area contributed by atoms with Crippen LogP contribution in [0, 0.1) is 0 Å². The number of nitrogens with one attached hydrogen (secondary N) is 1. The minimum Gasteiger partial charge on any atom is -0.483 e. The largest absolute Gasteiger partial charge is 0.483 e. The van der Waals surface area contributed by atoms with Gasteiger partial charge in [-0.15, -0.1) is 0 Å². The summed E-state index contributed by atoms with van der Waals surface area (Å²) >= 11 is 0. The molecule has 5 nitrogen and oxygen atoms in total. The summed E-state index contributed by atoms with van der Waals surface area (Å²) in [4.78, 5) is 26.9. The third kappa shape index (κ3) is 5.84. The number of nitrogens with zero attached hydrogens (tertiary/aromatic N) is 1. The predicted octanol–water partition coefficient (Wildman–Crippen LogP) is 3.74. The molecule has 0 bridgehead atoms. The van der Waals surface area contributed by atoms with Crippen LogP contribution in [-0.4, -0.2) is 35.9 Å². The first-order valence-electron chi connectivity index (χ1n) is 9.76. The van der Waals surface area contributed by atoms with Crippen molar-refractivity contribution < 1.29 is 14.3 Å². The van der Waals surface area contributed by atoms with E-state index in [1.54, 1.807) is 11.8 Å². The fourth-order valence-corrected chi connectivity index (χ4v) is 3.00. The summed E-state index contributed by atoms with van der Waals surface area (Å²) in [6.07, 6.45) is 0. The summed E-state index contributed by atoms with van der Waals surface area (Å²) in [7, 11) is 0. The maximum atomic E-state index is 13.0. The first kappa shape index (κ1) is 21.5. The molecule has 0 aliphatic carbocycles. The molecule has 0 radical (unpaired) electrons. The average molecular weight is 383 g/mol. The summed E-state index contributed by atoms with van der Waals surface area (Å²) < 4.78 is 5.85. The van der Waals surface area contributed by atoms with Gasteiger partial charge in [0.25, 0.3) is 5.91 Å². The lowest BCUT2D eigenvalue weighted by molar-refractivity contribution is -0.142. The van der Waals surface area contributed by atoms with E-state index in [9.17, 15) is 9.59 Å². The highest BCUT2D eigenvalue weighted by Gasteiger charge is 2.26. The number of likely N-dealkylation sites (N-methyl/N-ethyl adjacent to an activating group) is 1. The van der Waals surface area contributed by atoms with E-state index in [0.29, 0.717) is 24.8 Å². The molecule has 28 heavy (non-hydrogen) atoms. The molecule has 1 N–H and O–H groups in total. The van der Waals surface area contributed by atoms with Gasteiger partial charge in [-0.2, -0.15) is 0 Å². The Bertz CT molecular complexity index is 774. The zero-order valence-electron chi connectivity index (χ0n) is 17.1. The van der Waals surface area contributed by atoms with Crippen molar-refractivity contribution in [3.8, 4) is 5.75 Å². The molecular weight excluding hydrogens is 352 g/mol. The number of ether oxygens (including phenoxy) is 1. The Morgan fingerprint density at radius 1 is 1.00 bits per heavy atom. The number of carbonyl (C=O) groups is 2. The highest BCUT2D eigenvalue weighted by molar-refractivity contribution is 5.87. The molecule has 2 amide bonds. The molecule has 0 aromatic heterocycles. The third-order valence-electron chi connectivity index (χ3n) is 4.61. The van der Waals surface area contributed by atoms with Crippen LogP contribution in [0.4, 0.5) is 0 Å². The summed E-state index contributed by atoms with van der Waals surface area (Å²) in [6, 6.07) is 16.8. The number of hydrogen-bond acceptors (Lipinski definition) is 3. The van der Waals surface area contributed by atoms with E-state index in [-0.39, 0.29) is 18.4 Å². The maximum Gasteiger partial charge on any atom is 0.261 e. The SMILES string of the molecule is CCNC(=O)C(C)N(Cc1ccccc1)C(=O)COc1ccccc1C(C)C. The molecule has 2 aromatic rings. The van der Waals surface area contributed by atoms with E-state index in [4.69, 9.17) is 4.74 Å². The lowest BCUT2D eigenvalue weighted by Gasteiger charge is -2.28. The molecule has 0 saturated heterocycles. The van der Waals surface area contributed by atoms with E-state index in [1.165, 1.54) is 0 Å². The number of benzene rings is 2. The Hall–Kier alpha value is -2.82. The minimum absolute atomic E-state index is 0.111. The van der Waals surface area contributed by atoms with Gasteiger partial charge in [-0.1, -0.05) is 62.4 Å². The van der Waals surface area contributed by atoms with E-state index >= 15 is 0 Å². The topological polar surface area (TPSA) is 58.6 Å². The molecular formula is C23H30N2O3. The molecule has 0 spiro atoms. The molecule has 1 atom stereocenters. The second kappa shape index (κ2) is 10.5. The summed E-state index contributed by atoms with van der Waals surface area (Å²) in [6.45, 7) is 8.54. The fraction of sp³-hybridized carbons (Fsp3) is 0.391. The molecule has 150 valence electrons. The maximum absolute atomic E-state index is 13.0. The molecule has 1 unspecified atom stereocenters. The van der Waals surface area contributed by atoms with Gasteiger partial charge >= 0.3 is 0 Å². The Morgan fingerprint density at radius 3 is 2.29 bits per heavy atom. The van der Waals surface area contributed by atoms with Gasteiger partial charge in [0, 0.05) is 13.1 Å². The highest BCUT2D eigenvalue weighted by atomic mass is 16.5. The predicted molar refractivity (Wildman–Crippen MR) is 111 cm³/mol. The standard InChI is InChI=1S/C23H30N2O3/c1-5-24-23(27)18(4)25(15-19-11-7-6-8-12-19)22(26)16-28-21-14-10-9-13-20(21)17(2)3/h6-14,17-18H,5,15-16H2,1-4H3,(H,24,27). The van der Waals surface area contributed by atoms with Gasteiger partial charge < -0.3 is 15.0 Å². The number of rotatable bonds is 9. The van der Waals surface area contributed by atoms with E-state index in [2.05, 4.69) is 19.2 Å². The van der Waals surface area contributed by atoms with E-state index in [1.807, 2.05) is 61.5 Å². The Labute approximate surface area is 167 Å². The van der Waals surface area contributed by atoms with Crippen LogP contribution in [0.1, 0.15) is 44.7 Å². The van der Waals surface area contributed by atoms with Crippen LogP contribution in [0.3, 0.4) is 0 Å². The van der Waals surface area contributed by atoms with Crippen molar-refractivity contribution in [3.63, 3.8) is 0 Å². The monoisotopic (exact) mass is 382 g/mol. The lowest BCUT2D eigenvalue weighted by Crippen LogP contribution is -2.49. The zero-order chi connectivity index (χ0) is 20.5. The Balaban J connectivity index is 2.15. The fourth-order valence-electron chi connectivity index (χ4n) is 3.00. The van der Waals surface area contributed by atoms with Gasteiger partial charge in [-0.3, -0.25) is 9.59 Å². The van der Waals surface area contributed by atoms with Crippen LogP contribution in [0.2, 0.25) is 0 Å². The van der Waals surface area contributed by atoms with Gasteiger partial charge in [0.05, 0.1) is 0 Å². The van der Waals surface area contributed by atoms with Crippen LogP contribution in [0.5, 0.6) is 5.75 Å². The van der Waals surface area contributed by atoms with Crippen LogP contribution >= 0.6 is 0 Å². The Morgan fingerprint density at radius 2 is 1.64 bits per heavy atom. The molecule has 0 aliphatic rings. The second-order valence-corrected chi connectivity index (χ2v) is 7.06. The van der Waals surface area contributed by atoms with Gasteiger partial charge in [0.2, 0.25) is 5.91 Å². The Kier molecular flexibility index (Phi) is 8.05. The quantitative estimate of drug-likeness (QED) is 0.719. The van der Waals surface area contributed by atoms with Crippen molar-refractivity contribution in [2.75, 3.05) is 13.2 Å². The lowest BCUT2D eigenvalue weighted by atomic mass is 10.0. The summed E-state index contributed by atoms with van der Waals surface area (Å²) in [5.41, 5.74) is 2.02. The minimum atomic E-state index is -0.586. The van der Waals surface area contributed by atoms with Gasteiger partial charge in [0.1, 0.15) is 11.8 Å². The number of amides is 2. The first-order valence-corrected chi connectivity index (χ1v) is 9.76. The smallest absolute Gasteiger partial charge is 0.261 e. The zero-order valence-corrected chi connectivity index (χ0v) is 17.1. The van der Waals surface area contributed by atoms with E-state index < -0.39 is 6.04 Å². The van der Waals surface area contributed by atoms with Gasteiger partial charge in [0.15, 0.2) is 6.61 Å². The van der Waals surface area contributed by atoms with Crippen molar-refractivity contribution in [1.29, 1.82) is 0 Å². The van der Waals surface area contributed by atoms with Gasteiger partial charge in [-0.05, 0) is 37.0 Å². The van der Waals surface area contributed by atoms with Crippen LogP contribution in [0.25, 0.3) is 0 Å². The molecule has 0 aliphatic heterocycles. The number of carbonyl (C=O) groups excluding carboxylic acids is 2. The molecule has 5 heteroatoms. The van der Waals surface area contributed by atoms with Crippen molar-refractivity contribution >= 4 is 11.8 Å².